The van der Waals surface area contributed by atoms with Crippen LogP contribution < -0.4 is 15.0 Å². The first-order valence-electron chi connectivity index (χ1n) is 9.19. The summed E-state index contributed by atoms with van der Waals surface area (Å²) in [6, 6.07) is 15.8. The molecule has 0 bridgehead atoms. The Morgan fingerprint density at radius 2 is 1.77 bits per heavy atom. The summed E-state index contributed by atoms with van der Waals surface area (Å²) in [7, 11) is 0. The second-order valence-electron chi connectivity index (χ2n) is 6.38. The summed E-state index contributed by atoms with van der Waals surface area (Å²) in [5, 5.41) is 2.87. The highest BCUT2D eigenvalue weighted by Crippen LogP contribution is 2.19. The standard InChI is InChI=1S/C21H26N2O3/c1-2-3-17-4-10-20(11-5-17)26-16-21(24)22-18-6-8-19(9-7-18)23-12-14-25-15-13-23/h4-11H,2-3,12-16H2,1H3,(H,22,24). The van der Waals surface area contributed by atoms with Gasteiger partial charge < -0.3 is 19.7 Å². The zero-order chi connectivity index (χ0) is 18.2. The minimum atomic E-state index is -0.165. The van der Waals surface area contributed by atoms with Crippen LogP contribution in [0.1, 0.15) is 18.9 Å². The van der Waals surface area contributed by atoms with Crippen LogP contribution in [0.3, 0.4) is 0 Å². The van der Waals surface area contributed by atoms with Crippen LogP contribution in [-0.4, -0.2) is 38.8 Å². The van der Waals surface area contributed by atoms with Crippen molar-refractivity contribution in [2.75, 3.05) is 43.1 Å². The molecule has 0 aliphatic carbocycles. The highest BCUT2D eigenvalue weighted by molar-refractivity contribution is 5.92. The molecule has 0 aromatic heterocycles. The van der Waals surface area contributed by atoms with Crippen LogP contribution in [-0.2, 0) is 16.0 Å². The molecule has 0 atom stereocenters. The molecule has 1 aliphatic rings. The molecule has 138 valence electrons. The predicted octanol–water partition coefficient (Wildman–Crippen LogP) is 3.49. The summed E-state index contributed by atoms with van der Waals surface area (Å²) in [5.41, 5.74) is 3.20. The minimum absolute atomic E-state index is 0.00165. The third kappa shape index (κ3) is 5.23. The Morgan fingerprint density at radius 3 is 2.42 bits per heavy atom. The SMILES string of the molecule is CCCc1ccc(OCC(=O)Nc2ccc(N3CCOCC3)cc2)cc1. The molecule has 0 saturated carbocycles. The van der Waals surface area contributed by atoms with E-state index >= 15 is 0 Å². The summed E-state index contributed by atoms with van der Waals surface area (Å²) >= 11 is 0. The number of aryl methyl sites for hydroxylation is 1. The van der Waals surface area contributed by atoms with E-state index in [9.17, 15) is 4.79 Å². The molecule has 3 rings (SSSR count). The zero-order valence-corrected chi connectivity index (χ0v) is 15.2. The van der Waals surface area contributed by atoms with Gasteiger partial charge in [-0.25, -0.2) is 0 Å². The largest absolute Gasteiger partial charge is 0.484 e. The van der Waals surface area contributed by atoms with Crippen molar-refractivity contribution >= 4 is 17.3 Å². The van der Waals surface area contributed by atoms with Crippen molar-refractivity contribution in [3.63, 3.8) is 0 Å². The number of carbonyl (C=O) groups excluding carboxylic acids is 1. The van der Waals surface area contributed by atoms with Crippen LogP contribution in [0.5, 0.6) is 5.75 Å². The number of rotatable bonds is 7. The van der Waals surface area contributed by atoms with Crippen LogP contribution >= 0.6 is 0 Å². The molecule has 2 aromatic rings. The van der Waals surface area contributed by atoms with E-state index in [1.54, 1.807) is 0 Å². The van der Waals surface area contributed by atoms with Crippen LogP contribution in [0.25, 0.3) is 0 Å². The number of nitrogens with zero attached hydrogens (tertiary/aromatic N) is 1. The number of morpholine rings is 1. The molecule has 1 N–H and O–H groups in total. The highest BCUT2D eigenvalue weighted by atomic mass is 16.5. The van der Waals surface area contributed by atoms with E-state index in [2.05, 4.69) is 17.1 Å². The molecular weight excluding hydrogens is 328 g/mol. The van der Waals surface area contributed by atoms with Gasteiger partial charge in [-0.15, -0.1) is 0 Å². The van der Waals surface area contributed by atoms with Crippen LogP contribution in [0.2, 0.25) is 0 Å². The van der Waals surface area contributed by atoms with E-state index in [1.807, 2.05) is 48.5 Å². The summed E-state index contributed by atoms with van der Waals surface area (Å²) in [5.74, 6) is 0.546. The van der Waals surface area contributed by atoms with Gasteiger partial charge in [-0.1, -0.05) is 25.5 Å². The van der Waals surface area contributed by atoms with Crippen molar-refractivity contribution in [2.45, 2.75) is 19.8 Å². The number of hydrogen-bond donors (Lipinski definition) is 1. The normalized spacial score (nSPS) is 14.1. The van der Waals surface area contributed by atoms with E-state index in [4.69, 9.17) is 9.47 Å². The molecule has 1 heterocycles. The zero-order valence-electron chi connectivity index (χ0n) is 15.2. The van der Waals surface area contributed by atoms with Crippen LogP contribution in [0.4, 0.5) is 11.4 Å². The molecule has 5 nitrogen and oxygen atoms in total. The average molecular weight is 354 g/mol. The molecule has 5 heteroatoms. The van der Waals surface area contributed by atoms with E-state index < -0.39 is 0 Å². The van der Waals surface area contributed by atoms with Gasteiger partial charge in [0.25, 0.3) is 5.91 Å². The molecule has 1 saturated heterocycles. The lowest BCUT2D eigenvalue weighted by Crippen LogP contribution is -2.36. The number of anilines is 2. The van der Waals surface area contributed by atoms with Crippen molar-refractivity contribution in [1.82, 2.24) is 0 Å². The highest BCUT2D eigenvalue weighted by Gasteiger charge is 2.11. The van der Waals surface area contributed by atoms with Crippen molar-refractivity contribution in [2.24, 2.45) is 0 Å². The van der Waals surface area contributed by atoms with Crippen molar-refractivity contribution < 1.29 is 14.3 Å². The quantitative estimate of drug-likeness (QED) is 0.827. The predicted molar refractivity (Wildman–Crippen MR) is 104 cm³/mol. The number of hydrogen-bond acceptors (Lipinski definition) is 4. The van der Waals surface area contributed by atoms with Gasteiger partial charge in [0.2, 0.25) is 0 Å². The molecule has 0 spiro atoms. The van der Waals surface area contributed by atoms with E-state index in [0.717, 1.165) is 50.5 Å². The van der Waals surface area contributed by atoms with Gasteiger partial charge in [0.1, 0.15) is 5.75 Å². The monoisotopic (exact) mass is 354 g/mol. The lowest BCUT2D eigenvalue weighted by Gasteiger charge is -2.28. The van der Waals surface area contributed by atoms with Gasteiger partial charge in [-0.05, 0) is 48.4 Å². The second kappa shape index (κ2) is 9.25. The van der Waals surface area contributed by atoms with Gasteiger partial charge in [-0.2, -0.15) is 0 Å². The topological polar surface area (TPSA) is 50.8 Å². The lowest BCUT2D eigenvalue weighted by atomic mass is 10.1. The van der Waals surface area contributed by atoms with E-state index in [0.29, 0.717) is 5.75 Å². The Bertz CT molecular complexity index is 692. The Balaban J connectivity index is 1.46. The number of amides is 1. The summed E-state index contributed by atoms with van der Waals surface area (Å²) in [6.45, 7) is 5.47. The first-order chi connectivity index (χ1) is 12.7. The molecule has 0 unspecified atom stereocenters. The maximum absolute atomic E-state index is 12.1. The third-order valence-corrected chi connectivity index (χ3v) is 4.36. The second-order valence-corrected chi connectivity index (χ2v) is 6.38. The molecule has 1 aliphatic heterocycles. The fraction of sp³-hybridized carbons (Fsp3) is 0.381. The number of nitrogens with one attached hydrogen (secondary N) is 1. The van der Waals surface area contributed by atoms with E-state index in [-0.39, 0.29) is 12.5 Å². The maximum Gasteiger partial charge on any atom is 0.262 e. The molecule has 0 radical (unpaired) electrons. The summed E-state index contributed by atoms with van der Waals surface area (Å²) in [6.07, 6.45) is 2.17. The fourth-order valence-corrected chi connectivity index (χ4v) is 2.96. The third-order valence-electron chi connectivity index (χ3n) is 4.36. The molecule has 1 amide bonds. The molecular formula is C21H26N2O3. The Morgan fingerprint density at radius 1 is 1.08 bits per heavy atom. The summed E-state index contributed by atoms with van der Waals surface area (Å²) < 4.78 is 10.9. The van der Waals surface area contributed by atoms with E-state index in [1.165, 1.54) is 5.56 Å². The molecule has 2 aromatic carbocycles. The first kappa shape index (κ1) is 18.3. The summed E-state index contributed by atoms with van der Waals surface area (Å²) in [4.78, 5) is 14.4. The Hall–Kier alpha value is -2.53. The Labute approximate surface area is 154 Å². The fourth-order valence-electron chi connectivity index (χ4n) is 2.96. The average Bonchev–Trinajstić information content (AvgIpc) is 2.69. The van der Waals surface area contributed by atoms with Gasteiger partial charge in [-0.3, -0.25) is 4.79 Å². The number of benzene rings is 2. The molecule has 1 fully saturated rings. The van der Waals surface area contributed by atoms with Gasteiger partial charge in [0.15, 0.2) is 6.61 Å². The smallest absolute Gasteiger partial charge is 0.262 e. The van der Waals surface area contributed by atoms with Crippen LogP contribution in [0, 0.1) is 0 Å². The lowest BCUT2D eigenvalue weighted by molar-refractivity contribution is -0.118. The number of ether oxygens (including phenoxy) is 2. The van der Waals surface area contributed by atoms with Crippen molar-refractivity contribution in [1.29, 1.82) is 0 Å². The van der Waals surface area contributed by atoms with Crippen molar-refractivity contribution in [3.8, 4) is 5.75 Å². The minimum Gasteiger partial charge on any atom is -0.484 e. The maximum atomic E-state index is 12.1. The van der Waals surface area contributed by atoms with Crippen molar-refractivity contribution in [3.05, 3.63) is 54.1 Å². The molecule has 26 heavy (non-hydrogen) atoms. The number of carbonyl (C=O) groups is 1. The Kier molecular flexibility index (Phi) is 6.50. The van der Waals surface area contributed by atoms with Gasteiger partial charge in [0, 0.05) is 24.5 Å². The van der Waals surface area contributed by atoms with Gasteiger partial charge in [0.05, 0.1) is 13.2 Å². The van der Waals surface area contributed by atoms with Gasteiger partial charge >= 0.3 is 0 Å². The van der Waals surface area contributed by atoms with Crippen LogP contribution in [0.15, 0.2) is 48.5 Å². The first-order valence-corrected chi connectivity index (χ1v) is 9.19.